The maximum absolute atomic E-state index is 10.9. The number of nitrogens with zero attached hydrogens (tertiary/aromatic N) is 1. The van der Waals surface area contributed by atoms with Gasteiger partial charge in [-0.25, -0.2) is 0 Å². The van der Waals surface area contributed by atoms with Gasteiger partial charge in [-0.15, -0.1) is 0 Å². The second-order valence-electron chi connectivity index (χ2n) is 3.80. The van der Waals surface area contributed by atoms with Crippen LogP contribution in [0.3, 0.4) is 0 Å². The summed E-state index contributed by atoms with van der Waals surface area (Å²) in [4.78, 5) is 10.5. The molecule has 0 aliphatic carbocycles. The molecule has 0 amide bonds. The Kier molecular flexibility index (Phi) is 3.29. The molecule has 1 aromatic rings. The van der Waals surface area contributed by atoms with Crippen LogP contribution in [0.1, 0.15) is 25.0 Å². The van der Waals surface area contributed by atoms with Crippen molar-refractivity contribution in [3.63, 3.8) is 0 Å². The Balaban J connectivity index is 3.31. The van der Waals surface area contributed by atoms with Crippen molar-refractivity contribution in [2.24, 2.45) is 0 Å². The number of ether oxygens (including phenoxy) is 1. The fraction of sp³-hybridized carbons (Fsp3) is 0.455. The van der Waals surface area contributed by atoms with Gasteiger partial charge in [0.15, 0.2) is 0 Å². The predicted octanol–water partition coefficient (Wildman–Crippen LogP) is 3.00. The maximum Gasteiger partial charge on any atom is 0.314 e. The first-order valence-corrected chi connectivity index (χ1v) is 4.84. The van der Waals surface area contributed by atoms with E-state index in [1.54, 1.807) is 13.0 Å². The summed E-state index contributed by atoms with van der Waals surface area (Å²) < 4.78 is 5.48. The minimum Gasteiger partial charge on any atom is -0.484 e. The molecule has 0 unspecified atom stereocenters. The monoisotopic (exact) mass is 209 g/mol. The molecule has 1 rings (SSSR count). The predicted molar refractivity (Wildman–Crippen MR) is 58.3 cm³/mol. The third kappa shape index (κ3) is 2.46. The van der Waals surface area contributed by atoms with Gasteiger partial charge in [0.05, 0.1) is 11.0 Å². The Morgan fingerprint density at radius 3 is 2.27 bits per heavy atom. The zero-order valence-corrected chi connectivity index (χ0v) is 9.40. The van der Waals surface area contributed by atoms with Gasteiger partial charge in [-0.2, -0.15) is 0 Å². The molecule has 0 heterocycles. The van der Waals surface area contributed by atoms with Crippen LogP contribution in [0.5, 0.6) is 5.75 Å². The van der Waals surface area contributed by atoms with Crippen LogP contribution in [0, 0.1) is 24.0 Å². The summed E-state index contributed by atoms with van der Waals surface area (Å²) in [5.74, 6) is 0.384. The fourth-order valence-corrected chi connectivity index (χ4v) is 1.38. The third-order valence-electron chi connectivity index (χ3n) is 2.07. The van der Waals surface area contributed by atoms with Crippen molar-refractivity contribution in [1.29, 1.82) is 0 Å². The molecule has 0 spiro atoms. The van der Waals surface area contributed by atoms with E-state index in [1.165, 1.54) is 0 Å². The van der Waals surface area contributed by atoms with Crippen LogP contribution in [0.15, 0.2) is 12.1 Å². The van der Waals surface area contributed by atoms with E-state index in [-0.39, 0.29) is 16.7 Å². The molecule has 0 N–H and O–H groups in total. The van der Waals surface area contributed by atoms with Gasteiger partial charge in [0.1, 0.15) is 0 Å². The van der Waals surface area contributed by atoms with Gasteiger partial charge in [0.2, 0.25) is 5.75 Å². The van der Waals surface area contributed by atoms with Gasteiger partial charge in [0, 0.05) is 5.56 Å². The smallest absolute Gasteiger partial charge is 0.314 e. The average molecular weight is 209 g/mol. The lowest BCUT2D eigenvalue weighted by molar-refractivity contribution is -0.386. The first kappa shape index (κ1) is 11.5. The number of hydrogen-bond donors (Lipinski definition) is 0. The zero-order chi connectivity index (χ0) is 11.6. The van der Waals surface area contributed by atoms with Crippen molar-refractivity contribution in [2.75, 3.05) is 0 Å². The lowest BCUT2D eigenvalue weighted by Gasteiger charge is -2.13. The SMILES string of the molecule is Cc1ccc(C)c([N+](=O)[O-])c1OC(C)C. The first-order chi connectivity index (χ1) is 6.93. The molecule has 0 radical (unpaired) electrons. The highest BCUT2D eigenvalue weighted by molar-refractivity contribution is 5.56. The van der Waals surface area contributed by atoms with E-state index in [0.29, 0.717) is 11.3 Å². The van der Waals surface area contributed by atoms with E-state index >= 15 is 0 Å². The van der Waals surface area contributed by atoms with E-state index in [1.807, 2.05) is 26.8 Å². The molecule has 0 aliphatic rings. The molecule has 4 heteroatoms. The Bertz CT molecular complexity index is 386. The highest BCUT2D eigenvalue weighted by atomic mass is 16.6. The molecule has 0 aliphatic heterocycles. The summed E-state index contributed by atoms with van der Waals surface area (Å²) in [5.41, 5.74) is 1.49. The van der Waals surface area contributed by atoms with Crippen molar-refractivity contribution in [1.82, 2.24) is 0 Å². The largest absolute Gasteiger partial charge is 0.484 e. The second-order valence-corrected chi connectivity index (χ2v) is 3.80. The van der Waals surface area contributed by atoms with Crippen LogP contribution >= 0.6 is 0 Å². The second kappa shape index (κ2) is 4.29. The molecular weight excluding hydrogens is 194 g/mol. The van der Waals surface area contributed by atoms with Crippen LogP contribution in [-0.2, 0) is 0 Å². The van der Waals surface area contributed by atoms with Crippen molar-refractivity contribution in [2.45, 2.75) is 33.8 Å². The van der Waals surface area contributed by atoms with E-state index in [4.69, 9.17) is 4.74 Å². The molecule has 0 fully saturated rings. The molecule has 1 aromatic carbocycles. The highest BCUT2D eigenvalue weighted by Gasteiger charge is 2.21. The van der Waals surface area contributed by atoms with E-state index in [0.717, 1.165) is 5.56 Å². The topological polar surface area (TPSA) is 52.4 Å². The average Bonchev–Trinajstić information content (AvgIpc) is 2.10. The molecule has 4 nitrogen and oxygen atoms in total. The first-order valence-electron chi connectivity index (χ1n) is 4.84. The van der Waals surface area contributed by atoms with Crippen molar-refractivity contribution >= 4 is 5.69 Å². The van der Waals surface area contributed by atoms with Crippen LogP contribution in [-0.4, -0.2) is 11.0 Å². The Morgan fingerprint density at radius 1 is 1.27 bits per heavy atom. The number of rotatable bonds is 3. The summed E-state index contributed by atoms with van der Waals surface area (Å²) >= 11 is 0. The summed E-state index contributed by atoms with van der Waals surface area (Å²) in [7, 11) is 0. The van der Waals surface area contributed by atoms with Crippen LogP contribution in [0.25, 0.3) is 0 Å². The van der Waals surface area contributed by atoms with Gasteiger partial charge in [0.25, 0.3) is 0 Å². The Morgan fingerprint density at radius 2 is 1.80 bits per heavy atom. The molecule has 0 atom stereocenters. The van der Waals surface area contributed by atoms with Crippen molar-refractivity contribution in [3.8, 4) is 5.75 Å². The number of aryl methyl sites for hydroxylation is 2. The third-order valence-corrected chi connectivity index (χ3v) is 2.07. The maximum atomic E-state index is 10.9. The molecule has 0 bridgehead atoms. The Labute approximate surface area is 89.0 Å². The van der Waals surface area contributed by atoms with Gasteiger partial charge < -0.3 is 4.74 Å². The minimum atomic E-state index is -0.389. The van der Waals surface area contributed by atoms with E-state index < -0.39 is 0 Å². The van der Waals surface area contributed by atoms with Crippen molar-refractivity contribution in [3.05, 3.63) is 33.4 Å². The summed E-state index contributed by atoms with van der Waals surface area (Å²) in [6, 6.07) is 3.57. The van der Waals surface area contributed by atoms with Gasteiger partial charge in [-0.3, -0.25) is 10.1 Å². The lowest BCUT2D eigenvalue weighted by atomic mass is 10.1. The summed E-state index contributed by atoms with van der Waals surface area (Å²) in [5, 5.41) is 10.9. The van der Waals surface area contributed by atoms with Crippen LogP contribution in [0.2, 0.25) is 0 Å². The standard InChI is InChI=1S/C11H15NO3/c1-7(2)15-11-9(4)6-5-8(3)10(11)12(13)14/h5-7H,1-4H3. The summed E-state index contributed by atoms with van der Waals surface area (Å²) in [6.07, 6.45) is -0.0656. The molecule has 0 saturated carbocycles. The number of hydrogen-bond acceptors (Lipinski definition) is 3. The molecular formula is C11H15NO3. The van der Waals surface area contributed by atoms with Gasteiger partial charge in [-0.05, 0) is 33.3 Å². The number of nitro groups is 1. The highest BCUT2D eigenvalue weighted by Crippen LogP contribution is 2.34. The molecule has 82 valence electrons. The van der Waals surface area contributed by atoms with Gasteiger partial charge >= 0.3 is 5.69 Å². The lowest BCUT2D eigenvalue weighted by Crippen LogP contribution is -2.09. The van der Waals surface area contributed by atoms with E-state index in [2.05, 4.69) is 0 Å². The molecule has 15 heavy (non-hydrogen) atoms. The van der Waals surface area contributed by atoms with E-state index in [9.17, 15) is 10.1 Å². The summed E-state index contributed by atoms with van der Waals surface area (Å²) in [6.45, 7) is 7.23. The Hall–Kier alpha value is -1.58. The fourth-order valence-electron chi connectivity index (χ4n) is 1.38. The molecule has 0 aromatic heterocycles. The van der Waals surface area contributed by atoms with Gasteiger partial charge in [-0.1, -0.05) is 12.1 Å². The zero-order valence-electron chi connectivity index (χ0n) is 9.40. The number of nitro benzene ring substituents is 1. The number of benzene rings is 1. The van der Waals surface area contributed by atoms with Crippen molar-refractivity contribution < 1.29 is 9.66 Å². The van der Waals surface area contributed by atoms with Crippen LogP contribution < -0.4 is 4.74 Å². The molecule has 0 saturated heterocycles. The quantitative estimate of drug-likeness (QED) is 0.568. The normalized spacial score (nSPS) is 10.5. The minimum absolute atomic E-state index is 0.0656. The van der Waals surface area contributed by atoms with Crippen LogP contribution in [0.4, 0.5) is 5.69 Å².